The van der Waals surface area contributed by atoms with Crippen LogP contribution >= 0.6 is 12.4 Å². The fraction of sp³-hybridized carbons (Fsp3) is 0.278. The van der Waals surface area contributed by atoms with E-state index in [1.165, 1.54) is 0 Å². The van der Waals surface area contributed by atoms with Gasteiger partial charge in [0.2, 0.25) is 5.91 Å². The summed E-state index contributed by atoms with van der Waals surface area (Å²) in [7, 11) is 3.17. The maximum atomic E-state index is 12.0. The zero-order valence-corrected chi connectivity index (χ0v) is 14.6. The number of amides is 1. The number of hydrogen-bond donors (Lipinski definition) is 2. The molecule has 5 nitrogen and oxygen atoms in total. The lowest BCUT2D eigenvalue weighted by atomic mass is 10.0. The van der Waals surface area contributed by atoms with E-state index >= 15 is 0 Å². The summed E-state index contributed by atoms with van der Waals surface area (Å²) in [6.07, 6.45) is 0.247. The molecule has 0 aliphatic rings. The zero-order valence-electron chi connectivity index (χ0n) is 13.8. The zero-order chi connectivity index (χ0) is 16.7. The SMILES string of the molecule is COc1ccc(CNC(=O)CC(N)c2ccccc2)cc1OC.Cl. The van der Waals surface area contributed by atoms with Crippen molar-refractivity contribution in [1.82, 2.24) is 5.32 Å². The number of carbonyl (C=O) groups is 1. The fourth-order valence-corrected chi connectivity index (χ4v) is 2.28. The van der Waals surface area contributed by atoms with Crippen LogP contribution in [0.1, 0.15) is 23.6 Å². The predicted octanol–water partition coefficient (Wildman–Crippen LogP) is 2.83. The Morgan fingerprint density at radius 2 is 1.75 bits per heavy atom. The van der Waals surface area contributed by atoms with Crippen molar-refractivity contribution in [2.75, 3.05) is 14.2 Å². The van der Waals surface area contributed by atoms with Crippen LogP contribution in [0.4, 0.5) is 0 Å². The highest BCUT2D eigenvalue weighted by atomic mass is 35.5. The van der Waals surface area contributed by atoms with Gasteiger partial charge in [-0.25, -0.2) is 0 Å². The summed E-state index contributed by atoms with van der Waals surface area (Å²) >= 11 is 0. The van der Waals surface area contributed by atoms with Crippen LogP contribution in [0.5, 0.6) is 11.5 Å². The minimum absolute atomic E-state index is 0. The van der Waals surface area contributed by atoms with Crippen LogP contribution in [0.15, 0.2) is 48.5 Å². The Morgan fingerprint density at radius 3 is 2.38 bits per heavy atom. The van der Waals surface area contributed by atoms with Crippen molar-refractivity contribution in [2.45, 2.75) is 19.0 Å². The monoisotopic (exact) mass is 350 g/mol. The van der Waals surface area contributed by atoms with Crippen LogP contribution in [0.3, 0.4) is 0 Å². The Hall–Kier alpha value is -2.24. The minimum atomic E-state index is -0.304. The first-order valence-electron chi connectivity index (χ1n) is 7.42. The second kappa shape index (κ2) is 9.80. The van der Waals surface area contributed by atoms with Crippen molar-refractivity contribution in [1.29, 1.82) is 0 Å². The number of ether oxygens (including phenoxy) is 2. The molecular formula is C18H23ClN2O3. The van der Waals surface area contributed by atoms with Gasteiger partial charge in [-0.2, -0.15) is 0 Å². The average Bonchev–Trinajstić information content (AvgIpc) is 2.60. The maximum Gasteiger partial charge on any atom is 0.222 e. The molecule has 130 valence electrons. The highest BCUT2D eigenvalue weighted by Crippen LogP contribution is 2.27. The molecule has 2 rings (SSSR count). The molecule has 0 fully saturated rings. The number of hydrogen-bond acceptors (Lipinski definition) is 4. The van der Waals surface area contributed by atoms with Gasteiger partial charge in [0.15, 0.2) is 11.5 Å². The first kappa shape index (κ1) is 19.8. The number of nitrogens with two attached hydrogens (primary N) is 1. The van der Waals surface area contributed by atoms with Gasteiger partial charge in [0.1, 0.15) is 0 Å². The number of halogens is 1. The van der Waals surface area contributed by atoms with Gasteiger partial charge in [-0.3, -0.25) is 4.79 Å². The van der Waals surface area contributed by atoms with E-state index in [9.17, 15) is 4.79 Å². The molecule has 0 saturated carbocycles. The van der Waals surface area contributed by atoms with E-state index in [1.807, 2.05) is 48.5 Å². The third-order valence-corrected chi connectivity index (χ3v) is 3.57. The molecule has 2 aromatic rings. The normalized spacial score (nSPS) is 11.1. The van der Waals surface area contributed by atoms with Crippen LogP contribution in [-0.2, 0) is 11.3 Å². The molecule has 0 saturated heterocycles. The largest absolute Gasteiger partial charge is 0.493 e. The highest BCUT2D eigenvalue weighted by molar-refractivity contribution is 5.85. The van der Waals surface area contributed by atoms with Gasteiger partial charge in [-0.1, -0.05) is 36.4 Å². The number of nitrogens with one attached hydrogen (secondary N) is 1. The number of rotatable bonds is 7. The van der Waals surface area contributed by atoms with Crippen molar-refractivity contribution in [3.63, 3.8) is 0 Å². The molecule has 1 amide bonds. The maximum absolute atomic E-state index is 12.0. The van der Waals surface area contributed by atoms with Gasteiger partial charge < -0.3 is 20.5 Å². The van der Waals surface area contributed by atoms with E-state index in [2.05, 4.69) is 5.32 Å². The smallest absolute Gasteiger partial charge is 0.222 e. The van der Waals surface area contributed by atoms with Gasteiger partial charge in [-0.15, -0.1) is 12.4 Å². The molecule has 0 aromatic heterocycles. The molecule has 0 aliphatic heterocycles. The lowest BCUT2D eigenvalue weighted by molar-refractivity contribution is -0.121. The molecule has 3 N–H and O–H groups in total. The standard InChI is InChI=1S/C18H22N2O3.ClH/c1-22-16-9-8-13(10-17(16)23-2)12-20-18(21)11-15(19)14-6-4-3-5-7-14;/h3-10,15H,11-12,19H2,1-2H3,(H,20,21);1H. The number of benzene rings is 2. The van der Waals surface area contributed by atoms with E-state index < -0.39 is 0 Å². The Kier molecular flexibility index (Phi) is 8.09. The summed E-state index contributed by atoms with van der Waals surface area (Å²) < 4.78 is 10.4. The summed E-state index contributed by atoms with van der Waals surface area (Å²) in [6.45, 7) is 0.417. The summed E-state index contributed by atoms with van der Waals surface area (Å²) in [5.41, 5.74) is 7.94. The van der Waals surface area contributed by atoms with Crippen LogP contribution in [0.25, 0.3) is 0 Å². The van der Waals surface area contributed by atoms with E-state index in [-0.39, 0.29) is 30.8 Å². The molecule has 0 spiro atoms. The van der Waals surface area contributed by atoms with Crippen molar-refractivity contribution in [3.05, 3.63) is 59.7 Å². The molecule has 6 heteroatoms. The van der Waals surface area contributed by atoms with E-state index in [1.54, 1.807) is 14.2 Å². The molecule has 1 atom stereocenters. The van der Waals surface area contributed by atoms with Crippen LogP contribution in [0.2, 0.25) is 0 Å². The van der Waals surface area contributed by atoms with Crippen molar-refractivity contribution in [2.24, 2.45) is 5.73 Å². The van der Waals surface area contributed by atoms with E-state index in [0.717, 1.165) is 11.1 Å². The highest BCUT2D eigenvalue weighted by Gasteiger charge is 2.11. The lowest BCUT2D eigenvalue weighted by Gasteiger charge is -2.13. The second-order valence-electron chi connectivity index (χ2n) is 5.19. The van der Waals surface area contributed by atoms with Crippen LogP contribution < -0.4 is 20.5 Å². The van der Waals surface area contributed by atoms with E-state index in [0.29, 0.717) is 18.0 Å². The summed E-state index contributed by atoms with van der Waals surface area (Å²) in [5.74, 6) is 1.21. The van der Waals surface area contributed by atoms with Gasteiger partial charge in [0.05, 0.1) is 14.2 Å². The molecule has 0 radical (unpaired) electrons. The lowest BCUT2D eigenvalue weighted by Crippen LogP contribution is -2.27. The summed E-state index contributed by atoms with van der Waals surface area (Å²) in [4.78, 5) is 12.0. The summed E-state index contributed by atoms with van der Waals surface area (Å²) in [6, 6.07) is 14.8. The van der Waals surface area contributed by atoms with Crippen LogP contribution in [0, 0.1) is 0 Å². The molecule has 0 heterocycles. The molecule has 2 aromatic carbocycles. The van der Waals surface area contributed by atoms with Gasteiger partial charge in [-0.05, 0) is 23.3 Å². The molecule has 24 heavy (non-hydrogen) atoms. The number of carbonyl (C=O) groups excluding carboxylic acids is 1. The molecular weight excluding hydrogens is 328 g/mol. The molecule has 0 bridgehead atoms. The first-order valence-corrected chi connectivity index (χ1v) is 7.42. The third kappa shape index (κ3) is 5.44. The predicted molar refractivity (Wildman–Crippen MR) is 96.6 cm³/mol. The van der Waals surface area contributed by atoms with Crippen molar-refractivity contribution in [3.8, 4) is 11.5 Å². The second-order valence-corrected chi connectivity index (χ2v) is 5.19. The summed E-state index contributed by atoms with van der Waals surface area (Å²) in [5, 5.41) is 2.87. The Morgan fingerprint density at radius 1 is 1.08 bits per heavy atom. The van der Waals surface area contributed by atoms with Crippen molar-refractivity contribution >= 4 is 18.3 Å². The topological polar surface area (TPSA) is 73.6 Å². The van der Waals surface area contributed by atoms with Crippen LogP contribution in [-0.4, -0.2) is 20.1 Å². The Bertz CT molecular complexity index is 650. The first-order chi connectivity index (χ1) is 11.1. The molecule has 1 unspecified atom stereocenters. The Balaban J connectivity index is 0.00000288. The quantitative estimate of drug-likeness (QED) is 0.805. The Labute approximate surface area is 148 Å². The van der Waals surface area contributed by atoms with Crippen molar-refractivity contribution < 1.29 is 14.3 Å². The van der Waals surface area contributed by atoms with Gasteiger partial charge in [0, 0.05) is 19.0 Å². The average molecular weight is 351 g/mol. The third-order valence-electron chi connectivity index (χ3n) is 3.57. The van der Waals surface area contributed by atoms with Gasteiger partial charge >= 0.3 is 0 Å². The minimum Gasteiger partial charge on any atom is -0.493 e. The molecule has 0 aliphatic carbocycles. The number of methoxy groups -OCH3 is 2. The fourth-order valence-electron chi connectivity index (χ4n) is 2.28. The van der Waals surface area contributed by atoms with E-state index in [4.69, 9.17) is 15.2 Å². The van der Waals surface area contributed by atoms with Gasteiger partial charge in [0.25, 0.3) is 0 Å².